The zero-order valence-electron chi connectivity index (χ0n) is 16.1. The maximum absolute atomic E-state index is 12.5. The summed E-state index contributed by atoms with van der Waals surface area (Å²) in [6.07, 6.45) is 1.23. The summed E-state index contributed by atoms with van der Waals surface area (Å²) in [6, 6.07) is 6.61. The Morgan fingerprint density at radius 1 is 1.19 bits per heavy atom. The molecule has 1 aliphatic heterocycles. The number of sulfonamides is 1. The number of rotatable bonds is 8. The van der Waals surface area contributed by atoms with Gasteiger partial charge in [-0.25, -0.2) is 8.42 Å². The minimum Gasteiger partial charge on any atom is -0.481 e. The molecule has 0 bridgehead atoms. The van der Waals surface area contributed by atoms with Gasteiger partial charge < -0.3 is 10.0 Å². The lowest BCUT2D eigenvalue weighted by Gasteiger charge is -2.20. The van der Waals surface area contributed by atoms with Gasteiger partial charge >= 0.3 is 5.97 Å². The van der Waals surface area contributed by atoms with Crippen LogP contribution in [0.2, 0.25) is 0 Å². The van der Waals surface area contributed by atoms with Crippen LogP contribution >= 0.6 is 0 Å². The Balaban J connectivity index is 1.96. The van der Waals surface area contributed by atoms with E-state index in [1.54, 1.807) is 49.9 Å². The molecule has 27 heavy (non-hydrogen) atoms. The molecule has 0 aliphatic carbocycles. The van der Waals surface area contributed by atoms with E-state index < -0.39 is 21.4 Å². The lowest BCUT2D eigenvalue weighted by molar-refractivity contribution is -0.147. The Bertz CT molecular complexity index is 787. The second-order valence-corrected chi connectivity index (χ2v) is 9.10. The summed E-state index contributed by atoms with van der Waals surface area (Å²) in [6.45, 7) is 6.80. The fourth-order valence-corrected chi connectivity index (χ4v) is 4.76. The van der Waals surface area contributed by atoms with Gasteiger partial charge in [0.05, 0.1) is 10.3 Å². The molecular formula is C19H28N2O5S. The average molecular weight is 397 g/mol. The standard InChI is InChI=1S/C19H28N2O5S/c1-4-21(5-2)27(25,26)16-9-6-15(7-10-16)8-11-17(22)20-13-12-19(3,14-20)18(23)24/h6-7,9-10H,4-5,8,11-14H2,1-3H3,(H,23,24)/t19-/m0/s1. The largest absolute Gasteiger partial charge is 0.481 e. The van der Waals surface area contributed by atoms with Crippen LogP contribution in [0.15, 0.2) is 29.2 Å². The molecule has 1 aromatic rings. The minimum atomic E-state index is -3.48. The monoisotopic (exact) mass is 396 g/mol. The number of likely N-dealkylation sites (tertiary alicyclic amines) is 1. The van der Waals surface area contributed by atoms with Gasteiger partial charge in [-0.2, -0.15) is 4.31 Å². The smallest absolute Gasteiger partial charge is 0.311 e. The fourth-order valence-electron chi connectivity index (χ4n) is 3.30. The highest BCUT2D eigenvalue weighted by Crippen LogP contribution is 2.30. The van der Waals surface area contributed by atoms with Gasteiger partial charge in [-0.3, -0.25) is 9.59 Å². The number of carboxylic acid groups (broad SMARTS) is 1. The third-order valence-corrected chi connectivity index (χ3v) is 7.30. The van der Waals surface area contributed by atoms with Crippen molar-refractivity contribution < 1.29 is 23.1 Å². The van der Waals surface area contributed by atoms with Crippen molar-refractivity contribution in [2.45, 2.75) is 44.9 Å². The Kier molecular flexibility index (Phi) is 6.64. The van der Waals surface area contributed by atoms with Crippen molar-refractivity contribution in [3.63, 3.8) is 0 Å². The molecule has 1 atom stereocenters. The normalized spacial score (nSPS) is 20.2. The summed E-state index contributed by atoms with van der Waals surface area (Å²) in [7, 11) is -3.48. The lowest BCUT2D eigenvalue weighted by Crippen LogP contribution is -2.34. The maximum Gasteiger partial charge on any atom is 0.311 e. The molecule has 0 spiro atoms. The van der Waals surface area contributed by atoms with Crippen molar-refractivity contribution in [1.29, 1.82) is 0 Å². The highest BCUT2D eigenvalue weighted by Gasteiger charge is 2.41. The number of hydrogen-bond donors (Lipinski definition) is 1. The number of carboxylic acids is 1. The van der Waals surface area contributed by atoms with E-state index in [1.165, 1.54) is 4.31 Å². The second-order valence-electron chi connectivity index (χ2n) is 7.16. The molecule has 0 radical (unpaired) electrons. The molecule has 0 saturated carbocycles. The Labute approximate surface area is 161 Å². The van der Waals surface area contributed by atoms with Gasteiger partial charge in [-0.1, -0.05) is 26.0 Å². The van der Waals surface area contributed by atoms with Crippen LogP contribution in [-0.2, 0) is 26.0 Å². The SMILES string of the molecule is CCN(CC)S(=O)(=O)c1ccc(CCC(=O)N2CC[C@](C)(C(=O)O)C2)cc1. The topological polar surface area (TPSA) is 95.0 Å². The van der Waals surface area contributed by atoms with E-state index in [0.29, 0.717) is 32.5 Å². The number of nitrogens with zero attached hydrogens (tertiary/aromatic N) is 2. The first-order chi connectivity index (χ1) is 12.6. The van der Waals surface area contributed by atoms with Crippen molar-refractivity contribution in [2.24, 2.45) is 5.41 Å². The first-order valence-corrected chi connectivity index (χ1v) is 10.7. The number of amides is 1. The van der Waals surface area contributed by atoms with Crippen LogP contribution in [0.1, 0.15) is 39.2 Å². The van der Waals surface area contributed by atoms with E-state index in [0.717, 1.165) is 5.56 Å². The molecule has 1 aliphatic rings. The molecule has 1 aromatic carbocycles. The second kappa shape index (κ2) is 8.39. The molecule has 1 fully saturated rings. The average Bonchev–Trinajstić information content (AvgIpc) is 3.05. The molecule has 1 saturated heterocycles. The molecule has 0 aromatic heterocycles. The predicted octanol–water partition coefficient (Wildman–Crippen LogP) is 1.97. The van der Waals surface area contributed by atoms with E-state index in [9.17, 15) is 23.1 Å². The Hall–Kier alpha value is -1.93. The van der Waals surface area contributed by atoms with E-state index >= 15 is 0 Å². The van der Waals surface area contributed by atoms with Crippen LogP contribution in [0.25, 0.3) is 0 Å². The number of carbonyl (C=O) groups is 2. The molecule has 8 heteroatoms. The van der Waals surface area contributed by atoms with E-state index in [1.807, 2.05) is 0 Å². The number of benzene rings is 1. The van der Waals surface area contributed by atoms with Gasteiger partial charge in [-0.05, 0) is 37.5 Å². The number of aryl methyl sites for hydroxylation is 1. The summed E-state index contributed by atoms with van der Waals surface area (Å²) in [4.78, 5) is 25.5. The number of aliphatic carboxylic acids is 1. The summed E-state index contributed by atoms with van der Waals surface area (Å²) in [5.41, 5.74) is 0.0119. The van der Waals surface area contributed by atoms with E-state index in [4.69, 9.17) is 0 Å². The first kappa shape index (κ1) is 21.4. The zero-order chi connectivity index (χ0) is 20.2. The summed E-state index contributed by atoms with van der Waals surface area (Å²) < 4.78 is 26.4. The molecule has 2 rings (SSSR count). The lowest BCUT2D eigenvalue weighted by atomic mass is 9.90. The van der Waals surface area contributed by atoms with Gasteiger partial charge in [0.25, 0.3) is 0 Å². The van der Waals surface area contributed by atoms with Gasteiger partial charge in [0.15, 0.2) is 0 Å². The van der Waals surface area contributed by atoms with Gasteiger partial charge in [0, 0.05) is 32.6 Å². The van der Waals surface area contributed by atoms with Gasteiger partial charge in [-0.15, -0.1) is 0 Å². The van der Waals surface area contributed by atoms with Crippen molar-refractivity contribution in [3.05, 3.63) is 29.8 Å². The first-order valence-electron chi connectivity index (χ1n) is 9.24. The summed E-state index contributed by atoms with van der Waals surface area (Å²) in [5.74, 6) is -0.942. The highest BCUT2D eigenvalue weighted by molar-refractivity contribution is 7.89. The predicted molar refractivity (Wildman–Crippen MR) is 102 cm³/mol. The highest BCUT2D eigenvalue weighted by atomic mass is 32.2. The maximum atomic E-state index is 12.5. The third-order valence-electron chi connectivity index (χ3n) is 5.24. The fraction of sp³-hybridized carbons (Fsp3) is 0.579. The molecular weight excluding hydrogens is 368 g/mol. The molecule has 150 valence electrons. The van der Waals surface area contributed by atoms with Crippen molar-refractivity contribution in [2.75, 3.05) is 26.2 Å². The third kappa shape index (κ3) is 4.68. The van der Waals surface area contributed by atoms with E-state index in [2.05, 4.69) is 0 Å². The number of carbonyl (C=O) groups excluding carboxylic acids is 1. The zero-order valence-corrected chi connectivity index (χ0v) is 17.0. The molecule has 0 unspecified atom stereocenters. The number of hydrogen-bond acceptors (Lipinski definition) is 4. The minimum absolute atomic E-state index is 0.0696. The van der Waals surface area contributed by atoms with Gasteiger partial charge in [0.1, 0.15) is 0 Å². The molecule has 1 amide bonds. The quantitative estimate of drug-likeness (QED) is 0.725. The summed E-state index contributed by atoms with van der Waals surface area (Å²) >= 11 is 0. The van der Waals surface area contributed by atoms with E-state index in [-0.39, 0.29) is 23.8 Å². The van der Waals surface area contributed by atoms with Crippen LogP contribution in [0.5, 0.6) is 0 Å². The Morgan fingerprint density at radius 2 is 1.78 bits per heavy atom. The molecule has 1 heterocycles. The van der Waals surface area contributed by atoms with Crippen LogP contribution in [-0.4, -0.2) is 60.8 Å². The van der Waals surface area contributed by atoms with Crippen molar-refractivity contribution in [3.8, 4) is 0 Å². The van der Waals surface area contributed by atoms with Crippen LogP contribution in [0.4, 0.5) is 0 Å². The van der Waals surface area contributed by atoms with Crippen molar-refractivity contribution >= 4 is 21.9 Å². The molecule has 7 nitrogen and oxygen atoms in total. The molecule has 1 N–H and O–H groups in total. The van der Waals surface area contributed by atoms with Crippen LogP contribution < -0.4 is 0 Å². The summed E-state index contributed by atoms with van der Waals surface area (Å²) in [5, 5.41) is 9.26. The Morgan fingerprint density at radius 3 is 2.26 bits per heavy atom. The van der Waals surface area contributed by atoms with Crippen LogP contribution in [0.3, 0.4) is 0 Å². The van der Waals surface area contributed by atoms with Crippen LogP contribution in [0, 0.1) is 5.41 Å². The van der Waals surface area contributed by atoms with Gasteiger partial charge in [0.2, 0.25) is 15.9 Å². The van der Waals surface area contributed by atoms with Crippen molar-refractivity contribution in [1.82, 2.24) is 9.21 Å².